The quantitative estimate of drug-likeness (QED) is 0.611. The molecule has 1 atom stereocenters. The van der Waals surface area contributed by atoms with Crippen LogP contribution in [0.15, 0.2) is 29.1 Å². The highest BCUT2D eigenvalue weighted by Gasteiger charge is 2.34. The van der Waals surface area contributed by atoms with Gasteiger partial charge in [0.05, 0.1) is 31.8 Å². The number of nitrogens with zero attached hydrogens (tertiary/aromatic N) is 4. The Morgan fingerprint density at radius 3 is 2.73 bits per heavy atom. The zero-order valence-corrected chi connectivity index (χ0v) is 17.9. The molecule has 1 saturated heterocycles. The minimum Gasteiger partial charge on any atom is -0.383 e. The smallest absolute Gasteiger partial charge is 0.258 e. The number of rotatable bonds is 7. The number of methoxy groups -OCH3 is 1. The van der Waals surface area contributed by atoms with E-state index >= 15 is 0 Å². The number of likely N-dealkylation sites (tertiary alicyclic amines) is 1. The van der Waals surface area contributed by atoms with Gasteiger partial charge >= 0.3 is 0 Å². The first-order valence-corrected chi connectivity index (χ1v) is 11.0. The van der Waals surface area contributed by atoms with E-state index in [9.17, 15) is 4.79 Å². The number of H-pyrrole nitrogens is 1. The van der Waals surface area contributed by atoms with Crippen LogP contribution < -0.4 is 10.5 Å². The predicted octanol–water partition coefficient (Wildman–Crippen LogP) is 1.27. The molecule has 160 valence electrons. The van der Waals surface area contributed by atoms with E-state index in [0.29, 0.717) is 13.2 Å². The van der Waals surface area contributed by atoms with Gasteiger partial charge in [0, 0.05) is 12.6 Å². The third-order valence-electron chi connectivity index (χ3n) is 6.14. The average molecular weight is 412 g/mol. The van der Waals surface area contributed by atoms with Gasteiger partial charge in [-0.2, -0.15) is 0 Å². The SMILES string of the molecule is CCc1ccc2[nH]c(=O)c([C@@H](c3nnnn3CCOC)[NH+]3CCCCCC3)cc2c1. The summed E-state index contributed by atoms with van der Waals surface area (Å²) in [5, 5.41) is 13.6. The summed E-state index contributed by atoms with van der Waals surface area (Å²) in [7, 11) is 1.67. The van der Waals surface area contributed by atoms with E-state index in [1.54, 1.807) is 11.8 Å². The number of hydrogen-bond donors (Lipinski definition) is 2. The van der Waals surface area contributed by atoms with E-state index in [-0.39, 0.29) is 11.6 Å². The highest BCUT2D eigenvalue weighted by Crippen LogP contribution is 2.20. The van der Waals surface area contributed by atoms with Crippen molar-refractivity contribution in [1.82, 2.24) is 25.2 Å². The summed E-state index contributed by atoms with van der Waals surface area (Å²) >= 11 is 0. The molecule has 8 nitrogen and oxygen atoms in total. The molecule has 8 heteroatoms. The molecular formula is C22H31N6O2+. The molecule has 0 saturated carbocycles. The van der Waals surface area contributed by atoms with Crippen LogP contribution in [0.5, 0.6) is 0 Å². The Kier molecular flexibility index (Phi) is 6.54. The molecule has 1 aromatic carbocycles. The topological polar surface area (TPSA) is 90.1 Å². The second kappa shape index (κ2) is 9.49. The second-order valence-corrected chi connectivity index (χ2v) is 8.09. The number of benzene rings is 1. The van der Waals surface area contributed by atoms with Crippen LogP contribution in [0.25, 0.3) is 10.9 Å². The number of quaternary nitrogens is 1. The van der Waals surface area contributed by atoms with Crippen LogP contribution in [0.3, 0.4) is 0 Å². The van der Waals surface area contributed by atoms with Crippen molar-refractivity contribution < 1.29 is 9.64 Å². The molecule has 0 amide bonds. The lowest BCUT2D eigenvalue weighted by molar-refractivity contribution is -0.925. The third kappa shape index (κ3) is 4.29. The molecule has 30 heavy (non-hydrogen) atoms. The van der Waals surface area contributed by atoms with Gasteiger partial charge in [0.2, 0.25) is 5.82 Å². The van der Waals surface area contributed by atoms with Crippen LogP contribution in [0.4, 0.5) is 0 Å². The van der Waals surface area contributed by atoms with Crippen LogP contribution in [0.1, 0.15) is 55.6 Å². The zero-order valence-electron chi connectivity index (χ0n) is 17.9. The summed E-state index contributed by atoms with van der Waals surface area (Å²) < 4.78 is 7.03. The van der Waals surface area contributed by atoms with Crippen LogP contribution >= 0.6 is 0 Å². The lowest BCUT2D eigenvalue weighted by atomic mass is 10.0. The number of fused-ring (bicyclic) bond motifs is 1. The Bertz CT molecular complexity index is 1040. The fourth-order valence-electron chi connectivity index (χ4n) is 4.48. The van der Waals surface area contributed by atoms with Gasteiger partial charge < -0.3 is 14.6 Å². The van der Waals surface area contributed by atoms with Gasteiger partial charge in [-0.05, 0) is 71.7 Å². The maximum atomic E-state index is 13.2. The number of aromatic amines is 1. The number of nitrogens with one attached hydrogen (secondary N) is 2. The molecule has 0 aliphatic carbocycles. The van der Waals surface area contributed by atoms with Gasteiger partial charge in [0.25, 0.3) is 5.56 Å². The molecule has 0 spiro atoms. The van der Waals surface area contributed by atoms with E-state index in [0.717, 1.165) is 54.6 Å². The van der Waals surface area contributed by atoms with Crippen LogP contribution in [-0.4, -0.2) is 52.0 Å². The van der Waals surface area contributed by atoms with Crippen molar-refractivity contribution in [2.45, 2.75) is 51.6 Å². The van der Waals surface area contributed by atoms with Crippen LogP contribution in [-0.2, 0) is 17.7 Å². The molecule has 2 aromatic heterocycles. The van der Waals surface area contributed by atoms with Crippen LogP contribution in [0.2, 0.25) is 0 Å². The predicted molar refractivity (Wildman–Crippen MR) is 115 cm³/mol. The molecule has 3 aromatic rings. The number of tetrazole rings is 1. The van der Waals surface area contributed by atoms with Gasteiger partial charge in [-0.15, -0.1) is 5.10 Å². The number of aromatic nitrogens is 5. The van der Waals surface area contributed by atoms with Gasteiger partial charge in [0.1, 0.15) is 0 Å². The summed E-state index contributed by atoms with van der Waals surface area (Å²) in [6, 6.07) is 8.08. The molecule has 1 aliphatic heterocycles. The Morgan fingerprint density at radius 2 is 2.00 bits per heavy atom. The maximum Gasteiger partial charge on any atom is 0.258 e. The Hall–Kier alpha value is -2.58. The van der Waals surface area contributed by atoms with Crippen molar-refractivity contribution in [1.29, 1.82) is 0 Å². The Labute approximate surface area is 176 Å². The van der Waals surface area contributed by atoms with E-state index in [2.05, 4.69) is 39.6 Å². The monoisotopic (exact) mass is 411 g/mol. The third-order valence-corrected chi connectivity index (χ3v) is 6.14. The summed E-state index contributed by atoms with van der Waals surface area (Å²) in [5.74, 6) is 0.737. The molecular weight excluding hydrogens is 380 g/mol. The lowest BCUT2D eigenvalue weighted by Crippen LogP contribution is -3.12. The summed E-state index contributed by atoms with van der Waals surface area (Å²) in [6.45, 7) is 5.24. The lowest BCUT2D eigenvalue weighted by Gasteiger charge is -2.26. The molecule has 0 radical (unpaired) electrons. The average Bonchev–Trinajstić information content (AvgIpc) is 3.05. The van der Waals surface area contributed by atoms with Crippen molar-refractivity contribution in [2.24, 2.45) is 0 Å². The van der Waals surface area contributed by atoms with Gasteiger partial charge in [-0.3, -0.25) is 4.79 Å². The number of ether oxygens (including phenoxy) is 1. The van der Waals surface area contributed by atoms with E-state index in [4.69, 9.17) is 4.74 Å². The maximum absolute atomic E-state index is 13.2. The van der Waals surface area contributed by atoms with Gasteiger partial charge in [-0.25, -0.2) is 4.68 Å². The minimum atomic E-state index is -0.201. The summed E-state index contributed by atoms with van der Waals surface area (Å²) in [6.07, 6.45) is 5.73. The van der Waals surface area contributed by atoms with Crippen molar-refractivity contribution in [2.75, 3.05) is 26.8 Å². The number of hydrogen-bond acceptors (Lipinski definition) is 5. The van der Waals surface area contributed by atoms with Crippen LogP contribution in [0, 0.1) is 0 Å². The standard InChI is InChI=1S/C22H30N6O2/c1-3-16-8-9-19-17(14-16)15-18(22(29)23-19)20(27-10-6-4-5-7-11-27)21-24-25-26-28(21)12-13-30-2/h8-9,14-15,20H,3-7,10-13H2,1-2H3,(H,23,29)/p+1/t20-/m0/s1. The Balaban J connectivity index is 1.84. The second-order valence-electron chi connectivity index (χ2n) is 8.09. The van der Waals surface area contributed by atoms with Crippen molar-refractivity contribution in [3.63, 3.8) is 0 Å². The fourth-order valence-corrected chi connectivity index (χ4v) is 4.48. The molecule has 3 heterocycles. The summed E-state index contributed by atoms with van der Waals surface area (Å²) in [5.41, 5.74) is 2.80. The first kappa shape index (κ1) is 20.7. The van der Waals surface area contributed by atoms with Gasteiger partial charge in [0.15, 0.2) is 6.04 Å². The number of pyridine rings is 1. The highest BCUT2D eigenvalue weighted by molar-refractivity contribution is 5.79. The fraction of sp³-hybridized carbons (Fsp3) is 0.545. The molecule has 0 unspecified atom stereocenters. The minimum absolute atomic E-state index is 0.0604. The molecule has 1 fully saturated rings. The molecule has 1 aliphatic rings. The molecule has 4 rings (SSSR count). The van der Waals surface area contributed by atoms with E-state index < -0.39 is 0 Å². The van der Waals surface area contributed by atoms with Gasteiger partial charge in [-0.1, -0.05) is 13.0 Å². The van der Waals surface area contributed by atoms with Crippen molar-refractivity contribution >= 4 is 10.9 Å². The highest BCUT2D eigenvalue weighted by atomic mass is 16.5. The van der Waals surface area contributed by atoms with Crippen molar-refractivity contribution in [3.05, 3.63) is 51.6 Å². The first-order valence-electron chi connectivity index (χ1n) is 11.0. The molecule has 2 N–H and O–H groups in total. The Morgan fingerprint density at radius 1 is 1.20 bits per heavy atom. The normalized spacial score (nSPS) is 16.6. The largest absolute Gasteiger partial charge is 0.383 e. The van der Waals surface area contributed by atoms with Crippen molar-refractivity contribution in [3.8, 4) is 0 Å². The zero-order chi connectivity index (χ0) is 20.9. The molecule has 0 bridgehead atoms. The van der Waals surface area contributed by atoms with E-state index in [1.807, 2.05) is 12.1 Å². The summed E-state index contributed by atoms with van der Waals surface area (Å²) in [4.78, 5) is 17.7. The first-order chi connectivity index (χ1) is 14.7. The number of aryl methyl sites for hydroxylation is 1. The van der Waals surface area contributed by atoms with E-state index in [1.165, 1.54) is 23.3 Å².